The first-order valence-electron chi connectivity index (χ1n) is 5.19. The fourth-order valence-corrected chi connectivity index (χ4v) is 1.23. The molecule has 3 N–H and O–H groups in total. The van der Waals surface area contributed by atoms with Gasteiger partial charge in [0.1, 0.15) is 5.75 Å². The molecule has 0 saturated heterocycles. The molecule has 94 valence electrons. The van der Waals surface area contributed by atoms with Gasteiger partial charge in [0.2, 0.25) is 5.95 Å². The quantitative estimate of drug-likeness (QED) is 0.729. The molecule has 18 heavy (non-hydrogen) atoms. The van der Waals surface area contributed by atoms with Gasteiger partial charge in [-0.1, -0.05) is 0 Å². The Kier molecular flexibility index (Phi) is 3.37. The van der Waals surface area contributed by atoms with Crippen LogP contribution in [0.5, 0.6) is 11.8 Å². The number of aromatic amines is 1. The molecular weight excluding hydrogens is 238 g/mol. The minimum atomic E-state index is -0.461. The van der Waals surface area contributed by atoms with Gasteiger partial charge >= 0.3 is 6.01 Å². The Hall–Kier alpha value is -2.64. The van der Waals surface area contributed by atoms with Crippen LogP contribution in [0.3, 0.4) is 0 Å². The predicted octanol–water partition coefficient (Wildman–Crippen LogP) is 0.556. The molecular formula is C10H11N5O3. The first kappa shape index (κ1) is 11.8. The lowest BCUT2D eigenvalue weighted by Gasteiger charge is -2.00. The van der Waals surface area contributed by atoms with E-state index in [0.717, 1.165) is 0 Å². The summed E-state index contributed by atoms with van der Waals surface area (Å²) in [4.78, 5) is 19.3. The normalized spacial score (nSPS) is 10.1. The van der Waals surface area contributed by atoms with Gasteiger partial charge in [0.25, 0.3) is 5.91 Å². The second-order valence-electron chi connectivity index (χ2n) is 3.29. The molecule has 1 amide bonds. The van der Waals surface area contributed by atoms with Gasteiger partial charge in [0.05, 0.1) is 18.4 Å². The molecule has 2 aromatic rings. The van der Waals surface area contributed by atoms with E-state index in [1.807, 2.05) is 0 Å². The third kappa shape index (κ3) is 2.73. The molecule has 8 heteroatoms. The summed E-state index contributed by atoms with van der Waals surface area (Å²) in [5, 5.41) is 17.9. The number of ether oxygens (including phenoxy) is 1. The van der Waals surface area contributed by atoms with Crippen LogP contribution in [0.15, 0.2) is 18.5 Å². The zero-order valence-electron chi connectivity index (χ0n) is 9.54. The van der Waals surface area contributed by atoms with Gasteiger partial charge in [0.15, 0.2) is 0 Å². The topological polar surface area (TPSA) is 113 Å². The monoisotopic (exact) mass is 249 g/mol. The van der Waals surface area contributed by atoms with Crippen molar-refractivity contribution in [3.8, 4) is 11.8 Å². The number of aromatic hydroxyl groups is 1. The van der Waals surface area contributed by atoms with Crippen molar-refractivity contribution >= 4 is 11.9 Å². The minimum absolute atomic E-state index is 0.0878. The van der Waals surface area contributed by atoms with E-state index in [-0.39, 0.29) is 23.3 Å². The summed E-state index contributed by atoms with van der Waals surface area (Å²) in [6, 6.07) is 1.45. The van der Waals surface area contributed by atoms with Crippen LogP contribution in [0.25, 0.3) is 0 Å². The fraction of sp³-hybridized carbons (Fsp3) is 0.200. The Bertz CT molecular complexity index is 554. The average Bonchev–Trinajstić information content (AvgIpc) is 2.77. The Labute approximate surface area is 102 Å². The van der Waals surface area contributed by atoms with Crippen molar-refractivity contribution in [2.24, 2.45) is 0 Å². The number of nitrogens with one attached hydrogen (secondary N) is 2. The van der Waals surface area contributed by atoms with E-state index in [1.165, 1.54) is 18.5 Å². The number of carbonyl (C=O) groups is 1. The molecule has 0 aliphatic carbocycles. The van der Waals surface area contributed by atoms with Gasteiger partial charge in [0, 0.05) is 6.20 Å². The number of amides is 1. The van der Waals surface area contributed by atoms with Gasteiger partial charge in [-0.3, -0.25) is 15.1 Å². The Balaban J connectivity index is 2.06. The van der Waals surface area contributed by atoms with E-state index in [2.05, 4.69) is 25.5 Å². The first-order valence-corrected chi connectivity index (χ1v) is 5.19. The molecule has 0 spiro atoms. The van der Waals surface area contributed by atoms with Crippen molar-refractivity contribution in [2.75, 3.05) is 11.9 Å². The summed E-state index contributed by atoms with van der Waals surface area (Å²) in [7, 11) is 0. The van der Waals surface area contributed by atoms with Gasteiger partial charge in [-0.25, -0.2) is 5.10 Å². The smallest absolute Gasteiger partial charge is 0.337 e. The van der Waals surface area contributed by atoms with Crippen molar-refractivity contribution < 1.29 is 14.6 Å². The summed E-state index contributed by atoms with van der Waals surface area (Å²) in [6.07, 6.45) is 2.56. The summed E-state index contributed by atoms with van der Waals surface area (Å²) in [5.74, 6) is -0.389. The molecule has 0 aliphatic heterocycles. The van der Waals surface area contributed by atoms with E-state index in [0.29, 0.717) is 6.61 Å². The summed E-state index contributed by atoms with van der Waals surface area (Å²) < 4.78 is 5.04. The molecule has 0 saturated carbocycles. The molecule has 0 radical (unpaired) electrons. The fourth-order valence-electron chi connectivity index (χ4n) is 1.23. The van der Waals surface area contributed by atoms with Crippen LogP contribution in [0.2, 0.25) is 0 Å². The van der Waals surface area contributed by atoms with Gasteiger partial charge in [-0.2, -0.15) is 4.98 Å². The molecule has 0 unspecified atom stereocenters. The number of hydrogen-bond donors (Lipinski definition) is 3. The second-order valence-corrected chi connectivity index (χ2v) is 3.29. The van der Waals surface area contributed by atoms with Crippen molar-refractivity contribution in [2.45, 2.75) is 6.92 Å². The van der Waals surface area contributed by atoms with Crippen LogP contribution >= 0.6 is 0 Å². The maximum absolute atomic E-state index is 11.7. The molecule has 0 aromatic carbocycles. The van der Waals surface area contributed by atoms with E-state index in [9.17, 15) is 9.90 Å². The van der Waals surface area contributed by atoms with Crippen molar-refractivity contribution in [3.05, 3.63) is 24.0 Å². The molecule has 2 rings (SSSR count). The number of carbonyl (C=O) groups excluding carboxylic acids is 1. The van der Waals surface area contributed by atoms with Crippen LogP contribution in [0, 0.1) is 0 Å². The highest BCUT2D eigenvalue weighted by Crippen LogP contribution is 2.11. The van der Waals surface area contributed by atoms with Crippen LogP contribution in [-0.4, -0.2) is 37.8 Å². The number of hydrogen-bond acceptors (Lipinski definition) is 6. The Morgan fingerprint density at radius 1 is 1.56 bits per heavy atom. The lowest BCUT2D eigenvalue weighted by atomic mass is 10.2. The van der Waals surface area contributed by atoms with Crippen molar-refractivity contribution in [1.29, 1.82) is 0 Å². The number of H-pyrrole nitrogens is 1. The number of rotatable bonds is 4. The number of anilines is 1. The van der Waals surface area contributed by atoms with Crippen LogP contribution in [0.4, 0.5) is 5.95 Å². The number of pyridine rings is 1. The maximum Gasteiger partial charge on any atom is 0.337 e. The van der Waals surface area contributed by atoms with Crippen LogP contribution < -0.4 is 10.1 Å². The highest BCUT2D eigenvalue weighted by atomic mass is 16.5. The average molecular weight is 249 g/mol. The predicted molar refractivity (Wildman–Crippen MR) is 61.4 cm³/mol. The summed E-state index contributed by atoms with van der Waals surface area (Å²) in [5.41, 5.74) is 0.212. The molecule has 0 aliphatic rings. The van der Waals surface area contributed by atoms with Gasteiger partial charge in [-0.05, 0) is 13.0 Å². The second kappa shape index (κ2) is 5.13. The largest absolute Gasteiger partial charge is 0.506 e. The molecule has 0 fully saturated rings. The van der Waals surface area contributed by atoms with E-state index in [4.69, 9.17) is 4.74 Å². The number of nitrogens with zero attached hydrogens (tertiary/aromatic N) is 3. The van der Waals surface area contributed by atoms with Gasteiger partial charge < -0.3 is 9.84 Å². The van der Waals surface area contributed by atoms with E-state index in [1.54, 1.807) is 6.92 Å². The third-order valence-electron chi connectivity index (χ3n) is 1.96. The lowest BCUT2D eigenvalue weighted by molar-refractivity contribution is 0.102. The summed E-state index contributed by atoms with van der Waals surface area (Å²) in [6.45, 7) is 2.23. The Morgan fingerprint density at radius 3 is 3.11 bits per heavy atom. The summed E-state index contributed by atoms with van der Waals surface area (Å²) >= 11 is 0. The van der Waals surface area contributed by atoms with E-state index < -0.39 is 5.91 Å². The SMILES string of the molecule is CCOc1n[nH]c(NC(=O)c2cncc(O)c2)n1. The lowest BCUT2D eigenvalue weighted by Crippen LogP contribution is -2.13. The standard InChI is InChI=1S/C10H11N5O3/c1-2-18-10-13-9(14-15-10)12-8(17)6-3-7(16)5-11-4-6/h3-5,16H,2H2,1H3,(H2,12,13,14,15,17). The maximum atomic E-state index is 11.7. The van der Waals surface area contributed by atoms with Crippen molar-refractivity contribution in [1.82, 2.24) is 20.2 Å². The van der Waals surface area contributed by atoms with Gasteiger partial charge in [-0.15, -0.1) is 5.10 Å². The molecule has 2 aromatic heterocycles. The van der Waals surface area contributed by atoms with Crippen LogP contribution in [0.1, 0.15) is 17.3 Å². The third-order valence-corrected chi connectivity index (χ3v) is 1.96. The molecule has 0 bridgehead atoms. The molecule has 0 atom stereocenters. The zero-order valence-corrected chi connectivity index (χ0v) is 9.54. The van der Waals surface area contributed by atoms with E-state index >= 15 is 0 Å². The van der Waals surface area contributed by atoms with Crippen LogP contribution in [-0.2, 0) is 0 Å². The number of aromatic nitrogens is 4. The molecule has 8 nitrogen and oxygen atoms in total. The highest BCUT2D eigenvalue weighted by molar-refractivity contribution is 6.03. The van der Waals surface area contributed by atoms with Crippen molar-refractivity contribution in [3.63, 3.8) is 0 Å². The minimum Gasteiger partial charge on any atom is -0.506 e. The zero-order chi connectivity index (χ0) is 13.0. The first-order chi connectivity index (χ1) is 8.69. The highest BCUT2D eigenvalue weighted by Gasteiger charge is 2.10. The molecule has 2 heterocycles. The Morgan fingerprint density at radius 2 is 2.39 bits per heavy atom.